The molecular weight excluding hydrogens is 1230 g/mol. The van der Waals surface area contributed by atoms with E-state index >= 15 is 0 Å². The highest BCUT2D eigenvalue weighted by Gasteiger charge is 2.44. The molecule has 2 fully saturated rings. The van der Waals surface area contributed by atoms with Gasteiger partial charge in [-0.15, -0.1) is 0 Å². The third-order valence-corrected chi connectivity index (χ3v) is 18.7. The van der Waals surface area contributed by atoms with Crippen LogP contribution in [0.2, 0.25) is 0 Å². The molecule has 96 heavy (non-hydrogen) atoms. The van der Waals surface area contributed by atoms with E-state index in [1.54, 1.807) is 66.8 Å². The molecule has 0 bridgehead atoms. The van der Waals surface area contributed by atoms with Gasteiger partial charge in [-0.3, -0.25) is 52.8 Å². The highest BCUT2D eigenvalue weighted by Crippen LogP contribution is 2.31. The third kappa shape index (κ3) is 23.8. The van der Waals surface area contributed by atoms with Crippen LogP contribution in [0.4, 0.5) is 10.5 Å². The first kappa shape index (κ1) is 80.7. The van der Waals surface area contributed by atoms with Gasteiger partial charge in [-0.25, -0.2) is 4.79 Å². The second-order valence-electron chi connectivity index (χ2n) is 27.1. The maximum Gasteiger partial charge on any atom is 0.312 e. The Morgan fingerprint density at radius 3 is 1.86 bits per heavy atom. The number of anilines is 1. The number of amides is 11. The lowest BCUT2D eigenvalue weighted by molar-refractivity contribution is -0.150. The fraction of sp³-hybridized carbons (Fsp3) is 0.671. The molecule has 0 spiro atoms. The Kier molecular flexibility index (Phi) is 33.2. The van der Waals surface area contributed by atoms with Crippen molar-refractivity contribution < 1.29 is 67.0 Å². The van der Waals surface area contributed by atoms with Crippen LogP contribution in [-0.4, -0.2) is 207 Å². The van der Waals surface area contributed by atoms with Gasteiger partial charge in [0.1, 0.15) is 24.2 Å². The molecule has 2 aromatic rings. The maximum absolute atomic E-state index is 14.6. The molecule has 2 aromatic carbocycles. The normalized spacial score (nSPS) is 18.7. The molecule has 26 heteroatoms. The molecule has 536 valence electrons. The van der Waals surface area contributed by atoms with E-state index in [0.29, 0.717) is 56.4 Å². The van der Waals surface area contributed by atoms with Gasteiger partial charge in [-0.1, -0.05) is 111 Å². The Hall–Kier alpha value is -7.71. The number of urea groups is 1. The summed E-state index contributed by atoms with van der Waals surface area (Å²) >= 11 is 0. The number of piperidine rings is 1. The predicted octanol–water partition coefficient (Wildman–Crippen LogP) is 4.27. The fourth-order valence-electron chi connectivity index (χ4n) is 13.1. The number of methoxy groups -OCH3 is 3. The van der Waals surface area contributed by atoms with Gasteiger partial charge in [0, 0.05) is 78.4 Å². The molecular formula is C70H112N12O14. The van der Waals surface area contributed by atoms with Crippen molar-refractivity contribution in [2.45, 2.75) is 207 Å². The summed E-state index contributed by atoms with van der Waals surface area (Å²) in [6, 6.07) is 9.30. The molecule has 9 N–H and O–H groups in total. The molecule has 0 saturated carbocycles. The van der Waals surface area contributed by atoms with Crippen molar-refractivity contribution in [3.63, 3.8) is 0 Å². The van der Waals surface area contributed by atoms with Crippen LogP contribution < -0.4 is 43.0 Å². The lowest BCUT2D eigenvalue weighted by atomic mass is 9.89. The number of rotatable bonds is 37. The number of likely N-dealkylation sites (N-methyl/N-ethyl adjacent to an activating group) is 2. The molecule has 0 radical (unpaired) electrons. The number of benzene rings is 2. The first-order valence-corrected chi connectivity index (χ1v) is 34.0. The second kappa shape index (κ2) is 39.5. The van der Waals surface area contributed by atoms with E-state index in [0.717, 1.165) is 5.56 Å². The monoisotopic (exact) mass is 1340 g/mol. The van der Waals surface area contributed by atoms with Gasteiger partial charge < -0.3 is 71.9 Å². The summed E-state index contributed by atoms with van der Waals surface area (Å²) in [6.07, 6.45) is 1.35. The summed E-state index contributed by atoms with van der Waals surface area (Å²) in [5, 5.41) is 19.8. The molecule has 2 saturated heterocycles. The van der Waals surface area contributed by atoms with E-state index in [1.807, 2.05) is 97.8 Å². The Morgan fingerprint density at radius 1 is 0.656 bits per heavy atom. The quantitative estimate of drug-likeness (QED) is 0.0346. The average molecular weight is 1350 g/mol. The number of likely N-dealkylation sites (tertiary alicyclic amines) is 2. The van der Waals surface area contributed by atoms with Crippen LogP contribution in [0, 0.1) is 35.5 Å². The van der Waals surface area contributed by atoms with E-state index < -0.39 is 102 Å². The number of ether oxygens (including phenoxy) is 3. The maximum atomic E-state index is 14.6. The van der Waals surface area contributed by atoms with Crippen LogP contribution in [-0.2, 0) is 75.1 Å². The Labute approximate surface area is 568 Å². The minimum absolute atomic E-state index is 0.00712. The number of carbonyl (C=O) groups is 11. The van der Waals surface area contributed by atoms with Crippen molar-refractivity contribution in [1.82, 2.24) is 51.5 Å². The summed E-state index contributed by atoms with van der Waals surface area (Å²) in [4.78, 5) is 156. The number of nitrogens with two attached hydrogens (primary N) is 1. The highest BCUT2D eigenvalue weighted by atomic mass is 16.5. The SMILES string of the molecule is CC[C@H](C)[C@@H]([C@@H](CC(=O)N1CCC[C@H]1[C@H](OC)[C@@H](C)C(=O)N[C@@H](Cc1ccccc1)C(=O)NCc1ccc(NC(=O)[C@H](CCCNC(N)=O)NC(=O)[C@@H](NC(=O)CCC(=O)N2CC[C@@H](C(=O)OC)C[C@H]2C)C(C)C)cc1)OC)N(C)C(=O)[C@@H](NC(=O)[C@H](C(C)C)N(C)C)C(C)C. The first-order chi connectivity index (χ1) is 45.4. The van der Waals surface area contributed by atoms with E-state index in [2.05, 4.69) is 37.2 Å². The summed E-state index contributed by atoms with van der Waals surface area (Å²) in [5.74, 6) is -5.96. The van der Waals surface area contributed by atoms with E-state index in [1.165, 1.54) is 21.3 Å². The zero-order valence-corrected chi connectivity index (χ0v) is 59.6. The molecule has 0 aliphatic carbocycles. The molecule has 0 unspecified atom stereocenters. The van der Waals surface area contributed by atoms with Crippen LogP contribution in [0.25, 0.3) is 0 Å². The Morgan fingerprint density at radius 2 is 1.30 bits per heavy atom. The van der Waals surface area contributed by atoms with Crippen molar-refractivity contribution in [2.75, 3.05) is 67.4 Å². The van der Waals surface area contributed by atoms with E-state index in [9.17, 15) is 52.7 Å². The van der Waals surface area contributed by atoms with Crippen LogP contribution in [0.1, 0.15) is 145 Å². The van der Waals surface area contributed by atoms with Crippen molar-refractivity contribution in [2.24, 2.45) is 41.2 Å². The number of nitrogens with one attached hydrogen (secondary N) is 7. The molecule has 2 aliphatic rings. The van der Waals surface area contributed by atoms with Crippen molar-refractivity contribution in [3.8, 4) is 0 Å². The van der Waals surface area contributed by atoms with Gasteiger partial charge in [0.15, 0.2) is 0 Å². The zero-order chi connectivity index (χ0) is 71.7. The molecule has 13 atom stereocenters. The molecule has 26 nitrogen and oxygen atoms in total. The van der Waals surface area contributed by atoms with Gasteiger partial charge in [-0.05, 0) is 106 Å². The summed E-state index contributed by atoms with van der Waals surface area (Å²) < 4.78 is 17.1. The summed E-state index contributed by atoms with van der Waals surface area (Å²) in [6.45, 7) is 19.6. The first-order valence-electron chi connectivity index (χ1n) is 34.0. The molecule has 0 aromatic heterocycles. The van der Waals surface area contributed by atoms with Gasteiger partial charge in [0.25, 0.3) is 0 Å². The minimum atomic E-state index is -1.13. The smallest absolute Gasteiger partial charge is 0.312 e. The minimum Gasteiger partial charge on any atom is -0.469 e. The Balaban J connectivity index is 1.43. The molecule has 4 rings (SSSR count). The lowest BCUT2D eigenvalue weighted by Gasteiger charge is -2.41. The van der Waals surface area contributed by atoms with Crippen molar-refractivity contribution in [1.29, 1.82) is 0 Å². The van der Waals surface area contributed by atoms with Crippen LogP contribution in [0.15, 0.2) is 54.6 Å². The van der Waals surface area contributed by atoms with Crippen molar-refractivity contribution in [3.05, 3.63) is 65.7 Å². The summed E-state index contributed by atoms with van der Waals surface area (Å²) in [7, 11) is 9.72. The van der Waals surface area contributed by atoms with Gasteiger partial charge in [0.2, 0.25) is 53.2 Å². The molecule has 11 amide bonds. The molecule has 2 heterocycles. The molecule has 2 aliphatic heterocycles. The number of esters is 1. The number of hydrogen-bond acceptors (Lipinski definition) is 15. The largest absolute Gasteiger partial charge is 0.469 e. The number of hydrogen-bond donors (Lipinski definition) is 8. The van der Waals surface area contributed by atoms with Crippen LogP contribution in [0.5, 0.6) is 0 Å². The van der Waals surface area contributed by atoms with Crippen molar-refractivity contribution >= 4 is 70.9 Å². The fourth-order valence-corrected chi connectivity index (χ4v) is 13.1. The van der Waals surface area contributed by atoms with E-state index in [-0.39, 0.29) is 111 Å². The predicted molar refractivity (Wildman–Crippen MR) is 365 cm³/mol. The average Bonchev–Trinajstić information content (AvgIpc) is 1.53. The standard InChI is InChI=1S/C70H112N12O14/c1-17-44(8)61(80(13)68(91)59(42(4)5)78-67(90)60(43(6)7)79(11)12)54(94-14)39-57(85)82-35-22-26-53(82)62(95-15)46(10)63(86)76-52(38-47-23-19-18-20-24-47)64(87)73-40-48-27-29-50(30-28-48)74-65(88)51(25-21-34-72-70(71)93)75-66(89)58(41(2)3)77-55(83)31-32-56(84)81-36-33-49(37-45(81)9)69(92)96-16/h18-20,23-24,27-30,41-46,49,51-54,58-62H,17,21-22,25-26,31-40H2,1-16H3,(H,73,87)(H,74,88)(H,75,89)(H,76,86)(H,77,83)(H,78,90)(H3,71,72,93)/t44-,45+,46+,49+,51-,52-,53-,54+,58-,59-,60-,61-,62+/m0/s1. The Bertz CT molecular complexity index is 2890. The van der Waals surface area contributed by atoms with Gasteiger partial charge >= 0.3 is 12.0 Å². The zero-order valence-electron chi connectivity index (χ0n) is 59.6. The van der Waals surface area contributed by atoms with Crippen LogP contribution >= 0.6 is 0 Å². The van der Waals surface area contributed by atoms with Crippen LogP contribution in [0.3, 0.4) is 0 Å². The second-order valence-corrected chi connectivity index (χ2v) is 27.1. The van der Waals surface area contributed by atoms with Gasteiger partial charge in [-0.2, -0.15) is 0 Å². The number of primary amides is 1. The van der Waals surface area contributed by atoms with E-state index in [4.69, 9.17) is 19.9 Å². The summed E-state index contributed by atoms with van der Waals surface area (Å²) in [5.41, 5.74) is 7.07. The highest BCUT2D eigenvalue weighted by molar-refractivity contribution is 5.99. The number of carbonyl (C=O) groups excluding carboxylic acids is 11. The number of nitrogens with zero attached hydrogens (tertiary/aromatic N) is 4. The topological polar surface area (TPSA) is 339 Å². The lowest BCUT2D eigenvalue weighted by Crippen LogP contribution is -2.59. The third-order valence-electron chi connectivity index (χ3n) is 18.7. The van der Waals surface area contributed by atoms with Gasteiger partial charge in [0.05, 0.1) is 55.7 Å².